The van der Waals surface area contributed by atoms with Crippen molar-refractivity contribution in [2.24, 2.45) is 0 Å². The van der Waals surface area contributed by atoms with Gasteiger partial charge in [-0.25, -0.2) is 19.7 Å². The number of nitrogens with zero attached hydrogens (tertiary/aromatic N) is 5. The second-order valence-corrected chi connectivity index (χ2v) is 5.74. The van der Waals surface area contributed by atoms with Gasteiger partial charge in [-0.3, -0.25) is 0 Å². The highest BCUT2D eigenvalue weighted by Gasteiger charge is 2.21. The maximum atomic E-state index is 11.1. The molecule has 9 heteroatoms. The van der Waals surface area contributed by atoms with Crippen LogP contribution in [0.3, 0.4) is 0 Å². The molecule has 2 aromatic rings. The summed E-state index contributed by atoms with van der Waals surface area (Å²) >= 11 is 12.1. The third-order valence-corrected chi connectivity index (χ3v) is 3.95. The van der Waals surface area contributed by atoms with Gasteiger partial charge < -0.3 is 14.9 Å². The van der Waals surface area contributed by atoms with E-state index < -0.39 is 6.09 Å². The summed E-state index contributed by atoms with van der Waals surface area (Å²) in [6.07, 6.45) is 1.30. The highest BCUT2D eigenvalue weighted by molar-refractivity contribution is 6.32. The molecule has 0 atom stereocenters. The van der Waals surface area contributed by atoms with E-state index in [0.717, 1.165) is 0 Å². The molecular formula is C13H13Cl2N5O2. The van der Waals surface area contributed by atoms with Gasteiger partial charge in [0.25, 0.3) is 0 Å². The molecule has 0 unspecified atom stereocenters. The molecule has 7 nitrogen and oxygen atoms in total. The molecule has 0 radical (unpaired) electrons. The zero-order valence-electron chi connectivity index (χ0n) is 11.5. The lowest BCUT2D eigenvalue weighted by molar-refractivity contribution is 0.148. The summed E-state index contributed by atoms with van der Waals surface area (Å²) in [5.41, 5.74) is 0.992. The van der Waals surface area contributed by atoms with E-state index >= 15 is 0 Å². The van der Waals surface area contributed by atoms with Crippen molar-refractivity contribution in [3.05, 3.63) is 22.4 Å². The Morgan fingerprint density at radius 1 is 1.18 bits per heavy atom. The van der Waals surface area contributed by atoms with Crippen LogP contribution in [0, 0.1) is 0 Å². The van der Waals surface area contributed by atoms with E-state index in [-0.39, 0.29) is 5.15 Å². The minimum atomic E-state index is -0.908. The van der Waals surface area contributed by atoms with Crippen molar-refractivity contribution < 1.29 is 9.90 Å². The molecular weight excluding hydrogens is 329 g/mol. The number of carbonyl (C=O) groups is 1. The van der Waals surface area contributed by atoms with E-state index in [4.69, 9.17) is 28.3 Å². The Balaban J connectivity index is 1.91. The summed E-state index contributed by atoms with van der Waals surface area (Å²) in [6, 6.07) is 1.65. The molecule has 1 amide bonds. The fourth-order valence-electron chi connectivity index (χ4n) is 2.41. The van der Waals surface area contributed by atoms with Crippen LogP contribution in [0.5, 0.6) is 0 Å². The highest BCUT2D eigenvalue weighted by Crippen LogP contribution is 2.26. The molecule has 3 rings (SSSR count). The van der Waals surface area contributed by atoms with Crippen LogP contribution in [0.25, 0.3) is 11.2 Å². The third kappa shape index (κ3) is 3.00. The Morgan fingerprint density at radius 2 is 2.00 bits per heavy atom. The van der Waals surface area contributed by atoms with Crippen LogP contribution in [-0.2, 0) is 0 Å². The number of fused-ring (bicyclic) bond motifs is 1. The Hall–Kier alpha value is -1.86. The minimum Gasteiger partial charge on any atom is -0.465 e. The van der Waals surface area contributed by atoms with Crippen LogP contribution >= 0.6 is 23.2 Å². The number of pyridine rings is 1. The molecule has 22 heavy (non-hydrogen) atoms. The van der Waals surface area contributed by atoms with E-state index in [1.807, 2.05) is 4.90 Å². The zero-order valence-corrected chi connectivity index (χ0v) is 13.0. The number of hydrogen-bond acceptors (Lipinski definition) is 5. The SMILES string of the molecule is O=C(O)N1CCCN(c2nc3ncc(Cl)cc3nc2Cl)CC1. The number of carboxylic acid groups (broad SMARTS) is 1. The van der Waals surface area contributed by atoms with Crippen LogP contribution < -0.4 is 4.90 Å². The smallest absolute Gasteiger partial charge is 0.407 e. The van der Waals surface area contributed by atoms with Gasteiger partial charge in [0.05, 0.1) is 5.02 Å². The number of halogens is 2. The Morgan fingerprint density at radius 3 is 2.77 bits per heavy atom. The first-order valence-electron chi connectivity index (χ1n) is 6.76. The van der Waals surface area contributed by atoms with Crippen LogP contribution in [-0.4, -0.2) is 57.2 Å². The van der Waals surface area contributed by atoms with Gasteiger partial charge in [0.2, 0.25) is 0 Å². The zero-order chi connectivity index (χ0) is 15.7. The maximum Gasteiger partial charge on any atom is 0.407 e. The lowest BCUT2D eigenvalue weighted by Crippen LogP contribution is -2.34. The monoisotopic (exact) mass is 341 g/mol. The van der Waals surface area contributed by atoms with Crippen molar-refractivity contribution in [3.63, 3.8) is 0 Å². The van der Waals surface area contributed by atoms with Crippen LogP contribution in [0.4, 0.5) is 10.6 Å². The summed E-state index contributed by atoms with van der Waals surface area (Å²) in [5.74, 6) is 0.524. The summed E-state index contributed by atoms with van der Waals surface area (Å²) in [4.78, 5) is 27.3. The summed E-state index contributed by atoms with van der Waals surface area (Å²) in [7, 11) is 0. The second kappa shape index (κ2) is 6.10. The quantitative estimate of drug-likeness (QED) is 0.858. The predicted octanol–water partition coefficient (Wildman–Crippen LogP) is 2.52. The average Bonchev–Trinajstić information content (AvgIpc) is 2.72. The van der Waals surface area contributed by atoms with E-state index in [1.54, 1.807) is 6.07 Å². The van der Waals surface area contributed by atoms with E-state index in [0.29, 0.717) is 54.6 Å². The van der Waals surface area contributed by atoms with Gasteiger partial charge in [0, 0.05) is 32.4 Å². The average molecular weight is 342 g/mol. The lowest BCUT2D eigenvalue weighted by Gasteiger charge is -2.22. The first-order chi connectivity index (χ1) is 10.5. The number of aromatic nitrogens is 3. The third-order valence-electron chi connectivity index (χ3n) is 3.49. The standard InChI is InChI=1S/C13H13Cl2N5O2/c14-8-6-9-11(16-7-8)18-12(10(15)17-9)19-2-1-3-20(5-4-19)13(21)22/h6-7H,1-5H2,(H,21,22). The fraction of sp³-hybridized carbons (Fsp3) is 0.385. The number of hydrogen-bond donors (Lipinski definition) is 1. The van der Waals surface area contributed by atoms with Gasteiger partial charge in [-0.05, 0) is 12.5 Å². The van der Waals surface area contributed by atoms with Crippen molar-refractivity contribution in [2.45, 2.75) is 6.42 Å². The molecule has 1 aliphatic heterocycles. The molecule has 0 saturated carbocycles. The summed E-state index contributed by atoms with van der Waals surface area (Å²) < 4.78 is 0. The van der Waals surface area contributed by atoms with E-state index in [1.165, 1.54) is 11.1 Å². The second-order valence-electron chi connectivity index (χ2n) is 4.94. The van der Waals surface area contributed by atoms with Crippen LogP contribution in [0.1, 0.15) is 6.42 Å². The number of rotatable bonds is 1. The Bertz CT molecular complexity index is 727. The summed E-state index contributed by atoms with van der Waals surface area (Å²) in [6.45, 7) is 2.08. The Labute approximate surface area is 136 Å². The van der Waals surface area contributed by atoms with Crippen molar-refractivity contribution in [1.29, 1.82) is 0 Å². The molecule has 1 N–H and O–H groups in total. The number of anilines is 1. The van der Waals surface area contributed by atoms with Crippen molar-refractivity contribution in [2.75, 3.05) is 31.1 Å². The molecule has 0 spiro atoms. The maximum absolute atomic E-state index is 11.1. The highest BCUT2D eigenvalue weighted by atomic mass is 35.5. The first kappa shape index (κ1) is 15.1. The van der Waals surface area contributed by atoms with Gasteiger partial charge in [-0.15, -0.1) is 0 Å². The van der Waals surface area contributed by atoms with Crippen LogP contribution in [0.2, 0.25) is 10.2 Å². The lowest BCUT2D eigenvalue weighted by atomic mass is 10.3. The van der Waals surface area contributed by atoms with Gasteiger partial charge >= 0.3 is 6.09 Å². The fourth-order valence-corrected chi connectivity index (χ4v) is 2.82. The topological polar surface area (TPSA) is 82.5 Å². The van der Waals surface area contributed by atoms with E-state index in [9.17, 15) is 4.79 Å². The molecule has 1 fully saturated rings. The number of amides is 1. The van der Waals surface area contributed by atoms with Gasteiger partial charge in [0.15, 0.2) is 16.6 Å². The summed E-state index contributed by atoms with van der Waals surface area (Å²) in [5, 5.41) is 9.81. The van der Waals surface area contributed by atoms with Gasteiger partial charge in [-0.2, -0.15) is 0 Å². The van der Waals surface area contributed by atoms with Gasteiger partial charge in [0.1, 0.15) is 5.52 Å². The normalized spacial score (nSPS) is 15.9. The Kier molecular flexibility index (Phi) is 4.17. The molecule has 2 aromatic heterocycles. The molecule has 1 aliphatic rings. The van der Waals surface area contributed by atoms with Gasteiger partial charge in [-0.1, -0.05) is 23.2 Å². The molecule has 1 saturated heterocycles. The molecule has 0 aromatic carbocycles. The first-order valence-corrected chi connectivity index (χ1v) is 7.52. The van der Waals surface area contributed by atoms with Crippen molar-refractivity contribution in [3.8, 4) is 0 Å². The van der Waals surface area contributed by atoms with Crippen molar-refractivity contribution >= 4 is 46.3 Å². The predicted molar refractivity (Wildman–Crippen MR) is 83.8 cm³/mol. The minimum absolute atomic E-state index is 0.264. The van der Waals surface area contributed by atoms with Crippen LogP contribution in [0.15, 0.2) is 12.3 Å². The molecule has 0 aliphatic carbocycles. The molecule has 116 valence electrons. The molecule has 0 bridgehead atoms. The largest absolute Gasteiger partial charge is 0.465 e. The molecule has 3 heterocycles. The van der Waals surface area contributed by atoms with E-state index in [2.05, 4.69) is 15.0 Å². The van der Waals surface area contributed by atoms with Crippen molar-refractivity contribution in [1.82, 2.24) is 19.9 Å².